The minimum Gasteiger partial charge on any atom is -0.395 e. The molecule has 20 heavy (non-hydrogen) atoms. The molecule has 1 aliphatic heterocycles. The Bertz CT molecular complexity index is 508. The average Bonchev–Trinajstić information content (AvgIpc) is 2.56. The number of nitrogens with two attached hydrogens (primary N) is 1. The van der Waals surface area contributed by atoms with E-state index in [1.807, 2.05) is 20.8 Å². The number of carbonyl (C=O) groups is 1. The molecule has 0 radical (unpaired) electrons. The maximum absolute atomic E-state index is 12.7. The fraction of sp³-hybridized carbons (Fsp3) is 0.714. The van der Waals surface area contributed by atoms with Crippen molar-refractivity contribution in [2.45, 2.75) is 52.2 Å². The van der Waals surface area contributed by atoms with E-state index in [0.717, 1.165) is 12.8 Å². The Labute approximate surface area is 119 Å². The number of amides is 1. The quantitative estimate of drug-likeness (QED) is 0.851. The smallest absolute Gasteiger partial charge is 0.274 e. The largest absolute Gasteiger partial charge is 0.395 e. The molecule has 1 aliphatic rings. The molecule has 2 rings (SSSR count). The Morgan fingerprint density at radius 2 is 2.15 bits per heavy atom. The number of anilines is 1. The molecule has 6 nitrogen and oxygen atoms in total. The third-order valence-corrected chi connectivity index (χ3v) is 4.03. The van der Waals surface area contributed by atoms with Crippen molar-refractivity contribution < 1.29 is 9.90 Å². The fourth-order valence-electron chi connectivity index (χ4n) is 2.67. The van der Waals surface area contributed by atoms with Gasteiger partial charge in [-0.1, -0.05) is 0 Å². The second kappa shape index (κ2) is 5.44. The van der Waals surface area contributed by atoms with Crippen LogP contribution in [0.4, 0.5) is 5.69 Å². The topological polar surface area (TPSA) is 84.4 Å². The van der Waals surface area contributed by atoms with Crippen molar-refractivity contribution in [3.63, 3.8) is 0 Å². The highest BCUT2D eigenvalue weighted by atomic mass is 16.3. The van der Waals surface area contributed by atoms with Gasteiger partial charge in [-0.05, 0) is 40.0 Å². The number of nitrogen functional groups attached to an aromatic ring is 1. The van der Waals surface area contributed by atoms with Crippen LogP contribution in [0.15, 0.2) is 0 Å². The summed E-state index contributed by atoms with van der Waals surface area (Å²) in [6, 6.07) is 0. The molecule has 0 aliphatic carbocycles. The molecule has 0 bridgehead atoms. The maximum Gasteiger partial charge on any atom is 0.274 e. The van der Waals surface area contributed by atoms with Crippen molar-refractivity contribution in [3.05, 3.63) is 11.4 Å². The third kappa shape index (κ3) is 2.80. The Balaban J connectivity index is 2.23. The first-order chi connectivity index (χ1) is 9.35. The van der Waals surface area contributed by atoms with Crippen LogP contribution in [0.3, 0.4) is 0 Å². The first kappa shape index (κ1) is 14.8. The van der Waals surface area contributed by atoms with Gasteiger partial charge in [-0.15, -0.1) is 0 Å². The molecule has 1 atom stereocenters. The molecule has 1 fully saturated rings. The van der Waals surface area contributed by atoms with Crippen LogP contribution in [0.5, 0.6) is 0 Å². The van der Waals surface area contributed by atoms with E-state index in [2.05, 4.69) is 5.10 Å². The second-order valence-electron chi connectivity index (χ2n) is 5.81. The van der Waals surface area contributed by atoms with Crippen LogP contribution in [-0.2, 0) is 6.54 Å². The van der Waals surface area contributed by atoms with Gasteiger partial charge in [0.15, 0.2) is 0 Å². The molecule has 1 aromatic heterocycles. The van der Waals surface area contributed by atoms with Crippen molar-refractivity contribution in [3.8, 4) is 0 Å². The van der Waals surface area contributed by atoms with E-state index in [-0.39, 0.29) is 5.91 Å². The first-order valence-electron chi connectivity index (χ1n) is 7.20. The third-order valence-electron chi connectivity index (χ3n) is 4.03. The molecule has 2 heterocycles. The predicted molar refractivity (Wildman–Crippen MR) is 77.4 cm³/mol. The summed E-state index contributed by atoms with van der Waals surface area (Å²) >= 11 is 0. The van der Waals surface area contributed by atoms with E-state index in [1.165, 1.54) is 0 Å². The maximum atomic E-state index is 12.7. The highest BCUT2D eigenvalue weighted by Gasteiger charge is 2.30. The first-order valence-corrected chi connectivity index (χ1v) is 7.20. The van der Waals surface area contributed by atoms with Gasteiger partial charge in [0.2, 0.25) is 0 Å². The second-order valence-corrected chi connectivity index (χ2v) is 5.81. The number of carbonyl (C=O) groups excluding carboxylic acids is 1. The summed E-state index contributed by atoms with van der Waals surface area (Å²) in [5, 5.41) is 14.4. The molecule has 1 amide bonds. The summed E-state index contributed by atoms with van der Waals surface area (Å²) in [5.41, 5.74) is 6.96. The molecule has 1 aromatic rings. The van der Waals surface area contributed by atoms with Gasteiger partial charge in [-0.25, -0.2) is 0 Å². The zero-order chi connectivity index (χ0) is 14.9. The normalized spacial score (nSPS) is 23.7. The Morgan fingerprint density at radius 3 is 2.80 bits per heavy atom. The number of rotatable bonds is 2. The summed E-state index contributed by atoms with van der Waals surface area (Å²) < 4.78 is 1.66. The lowest BCUT2D eigenvalue weighted by Gasteiger charge is -2.23. The summed E-state index contributed by atoms with van der Waals surface area (Å²) in [7, 11) is 0. The number of nitrogens with zero attached hydrogens (tertiary/aromatic N) is 3. The molecule has 1 unspecified atom stereocenters. The molecule has 0 saturated carbocycles. The lowest BCUT2D eigenvalue weighted by atomic mass is 9.98. The van der Waals surface area contributed by atoms with E-state index < -0.39 is 5.60 Å². The lowest BCUT2D eigenvalue weighted by Crippen LogP contribution is -2.35. The fourth-order valence-corrected chi connectivity index (χ4v) is 2.67. The van der Waals surface area contributed by atoms with Gasteiger partial charge in [0.1, 0.15) is 5.69 Å². The van der Waals surface area contributed by atoms with E-state index in [4.69, 9.17) is 5.73 Å². The van der Waals surface area contributed by atoms with Crippen molar-refractivity contribution in [2.24, 2.45) is 0 Å². The van der Waals surface area contributed by atoms with Crippen molar-refractivity contribution >= 4 is 11.6 Å². The van der Waals surface area contributed by atoms with Gasteiger partial charge < -0.3 is 15.7 Å². The summed E-state index contributed by atoms with van der Waals surface area (Å²) in [6.07, 6.45) is 2.12. The Kier molecular flexibility index (Phi) is 4.04. The van der Waals surface area contributed by atoms with Crippen LogP contribution in [0.25, 0.3) is 0 Å². The molecule has 1 saturated heterocycles. The highest BCUT2D eigenvalue weighted by Crippen LogP contribution is 2.24. The van der Waals surface area contributed by atoms with E-state index in [1.54, 1.807) is 9.58 Å². The standard InChI is InChI=1S/C14H24N4O2/c1-4-18-12(11(15)10(2)16-18)13(19)17-8-5-6-14(3,20)7-9-17/h20H,4-9,15H2,1-3H3. The lowest BCUT2D eigenvalue weighted by molar-refractivity contribution is 0.0437. The molecule has 0 aromatic carbocycles. The number of aliphatic hydroxyl groups is 1. The summed E-state index contributed by atoms with van der Waals surface area (Å²) in [4.78, 5) is 14.5. The molecule has 6 heteroatoms. The summed E-state index contributed by atoms with van der Waals surface area (Å²) in [5.74, 6) is -0.0809. The van der Waals surface area contributed by atoms with Gasteiger partial charge in [-0.2, -0.15) is 5.10 Å². The van der Waals surface area contributed by atoms with Crippen molar-refractivity contribution in [2.75, 3.05) is 18.8 Å². The minimum absolute atomic E-state index is 0.0809. The monoisotopic (exact) mass is 280 g/mol. The van der Waals surface area contributed by atoms with Crippen LogP contribution in [0, 0.1) is 6.92 Å². The highest BCUT2D eigenvalue weighted by molar-refractivity contribution is 5.98. The van der Waals surface area contributed by atoms with E-state index >= 15 is 0 Å². The van der Waals surface area contributed by atoms with E-state index in [0.29, 0.717) is 43.1 Å². The van der Waals surface area contributed by atoms with Gasteiger partial charge in [0, 0.05) is 19.6 Å². The molecular formula is C14H24N4O2. The average molecular weight is 280 g/mol. The van der Waals surface area contributed by atoms with Crippen molar-refractivity contribution in [1.82, 2.24) is 14.7 Å². The van der Waals surface area contributed by atoms with E-state index in [9.17, 15) is 9.90 Å². The summed E-state index contributed by atoms with van der Waals surface area (Å²) in [6.45, 7) is 7.41. The van der Waals surface area contributed by atoms with Gasteiger partial charge >= 0.3 is 0 Å². The van der Waals surface area contributed by atoms with Crippen LogP contribution in [0.1, 0.15) is 49.3 Å². The SMILES string of the molecule is CCn1nc(C)c(N)c1C(=O)N1CCCC(C)(O)CC1. The number of aryl methyl sites for hydroxylation is 2. The Morgan fingerprint density at radius 1 is 1.45 bits per heavy atom. The van der Waals surface area contributed by atoms with Crippen LogP contribution in [-0.4, -0.2) is 44.4 Å². The number of aromatic nitrogens is 2. The Hall–Kier alpha value is -1.56. The number of hydrogen-bond acceptors (Lipinski definition) is 4. The molecule has 3 N–H and O–H groups in total. The minimum atomic E-state index is -0.679. The van der Waals surface area contributed by atoms with Crippen LogP contribution >= 0.6 is 0 Å². The van der Waals surface area contributed by atoms with Gasteiger partial charge in [0.25, 0.3) is 5.91 Å². The van der Waals surface area contributed by atoms with Gasteiger partial charge in [0.05, 0.1) is 17.0 Å². The zero-order valence-electron chi connectivity index (χ0n) is 12.5. The number of likely N-dealkylation sites (tertiary alicyclic amines) is 1. The predicted octanol–water partition coefficient (Wildman–Crippen LogP) is 1.17. The molecular weight excluding hydrogens is 256 g/mol. The van der Waals surface area contributed by atoms with Gasteiger partial charge in [-0.3, -0.25) is 9.48 Å². The molecule has 112 valence electrons. The van der Waals surface area contributed by atoms with Crippen LogP contribution in [0.2, 0.25) is 0 Å². The number of hydrogen-bond donors (Lipinski definition) is 2. The van der Waals surface area contributed by atoms with Crippen LogP contribution < -0.4 is 5.73 Å². The molecule has 0 spiro atoms. The van der Waals surface area contributed by atoms with Crippen molar-refractivity contribution in [1.29, 1.82) is 0 Å². The zero-order valence-corrected chi connectivity index (χ0v) is 12.5.